The highest BCUT2D eigenvalue weighted by Gasteiger charge is 2.39. The van der Waals surface area contributed by atoms with Gasteiger partial charge in [0.2, 0.25) is 0 Å². The number of rotatable bonds is 2. The lowest BCUT2D eigenvalue weighted by Gasteiger charge is -2.37. The zero-order valence-electron chi connectivity index (χ0n) is 9.24. The maximum Gasteiger partial charge on any atom is 0.170 e. The molecule has 0 aliphatic carbocycles. The third-order valence-corrected chi connectivity index (χ3v) is 3.18. The van der Waals surface area contributed by atoms with Gasteiger partial charge in [0.05, 0.1) is 25.2 Å². The zero-order chi connectivity index (χ0) is 10.7. The minimum absolute atomic E-state index is 0.115. The van der Waals surface area contributed by atoms with Crippen LogP contribution in [0.25, 0.3) is 0 Å². The summed E-state index contributed by atoms with van der Waals surface area (Å²) < 4.78 is 11.3. The molecule has 0 bridgehead atoms. The maximum absolute atomic E-state index is 8.74. The van der Waals surface area contributed by atoms with Gasteiger partial charge in [-0.05, 0) is 6.92 Å². The molecule has 0 amide bonds. The van der Waals surface area contributed by atoms with Crippen molar-refractivity contribution in [3.05, 3.63) is 0 Å². The van der Waals surface area contributed by atoms with E-state index in [2.05, 4.69) is 11.0 Å². The van der Waals surface area contributed by atoms with Crippen molar-refractivity contribution in [1.29, 1.82) is 5.26 Å². The van der Waals surface area contributed by atoms with Gasteiger partial charge in [-0.1, -0.05) is 0 Å². The summed E-state index contributed by atoms with van der Waals surface area (Å²) in [5.41, 5.74) is 0. The van der Waals surface area contributed by atoms with Crippen molar-refractivity contribution in [2.45, 2.75) is 25.6 Å². The first kappa shape index (κ1) is 10.9. The van der Waals surface area contributed by atoms with Crippen LogP contribution >= 0.6 is 0 Å². The monoisotopic (exact) mass is 210 g/mol. The van der Waals surface area contributed by atoms with Crippen LogP contribution in [0.15, 0.2) is 0 Å². The highest BCUT2D eigenvalue weighted by molar-refractivity contribution is 4.86. The molecule has 2 saturated heterocycles. The molecule has 0 aromatic rings. The summed E-state index contributed by atoms with van der Waals surface area (Å²) in [5.74, 6) is -0.170. The van der Waals surface area contributed by atoms with Crippen LogP contribution in [0.4, 0.5) is 0 Å². The number of piperidine rings is 1. The average molecular weight is 210 g/mol. The Morgan fingerprint density at radius 1 is 1.33 bits per heavy atom. The van der Waals surface area contributed by atoms with Crippen molar-refractivity contribution in [3.8, 4) is 6.07 Å². The molecule has 84 valence electrons. The molecule has 0 aromatic heterocycles. The van der Waals surface area contributed by atoms with Gasteiger partial charge in [-0.15, -0.1) is 0 Å². The first-order valence-corrected chi connectivity index (χ1v) is 5.64. The lowest BCUT2D eigenvalue weighted by atomic mass is 10.0. The lowest BCUT2D eigenvalue weighted by Crippen LogP contribution is -2.46. The standard InChI is InChI=1S/C11H18N2O2/c1-10(8-12)9-13-4-2-11(3-5-13)14-6-7-15-11/h10H,2-7,9H2,1H3. The van der Waals surface area contributed by atoms with Gasteiger partial charge in [-0.2, -0.15) is 5.26 Å². The largest absolute Gasteiger partial charge is 0.347 e. The Morgan fingerprint density at radius 2 is 1.93 bits per heavy atom. The molecule has 2 heterocycles. The van der Waals surface area contributed by atoms with E-state index in [0.717, 1.165) is 45.7 Å². The summed E-state index contributed by atoms with van der Waals surface area (Å²) in [6.45, 7) is 6.25. The van der Waals surface area contributed by atoms with Crippen LogP contribution in [-0.4, -0.2) is 43.5 Å². The predicted molar refractivity (Wildman–Crippen MR) is 55.1 cm³/mol. The first-order chi connectivity index (χ1) is 7.24. The van der Waals surface area contributed by atoms with Crippen LogP contribution < -0.4 is 0 Å². The predicted octanol–water partition coefficient (Wildman–Crippen LogP) is 0.985. The Labute approximate surface area is 90.8 Å². The van der Waals surface area contributed by atoms with E-state index in [1.165, 1.54) is 0 Å². The molecule has 2 fully saturated rings. The Bertz CT molecular complexity index is 246. The fourth-order valence-corrected chi connectivity index (χ4v) is 2.29. The topological polar surface area (TPSA) is 45.5 Å². The fourth-order valence-electron chi connectivity index (χ4n) is 2.29. The third kappa shape index (κ3) is 2.49. The summed E-state index contributed by atoms with van der Waals surface area (Å²) in [7, 11) is 0. The summed E-state index contributed by atoms with van der Waals surface area (Å²) in [4.78, 5) is 2.32. The SMILES string of the molecule is CC(C#N)CN1CCC2(CC1)OCCO2. The molecule has 0 saturated carbocycles. The van der Waals surface area contributed by atoms with Crippen LogP contribution in [-0.2, 0) is 9.47 Å². The second-order valence-electron chi connectivity index (χ2n) is 4.44. The summed E-state index contributed by atoms with van der Waals surface area (Å²) in [6.07, 6.45) is 1.87. The molecular weight excluding hydrogens is 192 g/mol. The van der Waals surface area contributed by atoms with Gasteiger partial charge in [-0.25, -0.2) is 0 Å². The number of hydrogen-bond donors (Lipinski definition) is 0. The van der Waals surface area contributed by atoms with E-state index in [9.17, 15) is 0 Å². The molecular formula is C11H18N2O2. The van der Waals surface area contributed by atoms with Gasteiger partial charge >= 0.3 is 0 Å². The molecule has 4 heteroatoms. The van der Waals surface area contributed by atoms with Gasteiger partial charge in [0.25, 0.3) is 0 Å². The highest BCUT2D eigenvalue weighted by atomic mass is 16.7. The highest BCUT2D eigenvalue weighted by Crippen LogP contribution is 2.31. The van der Waals surface area contributed by atoms with Crippen molar-refractivity contribution in [1.82, 2.24) is 4.90 Å². The minimum Gasteiger partial charge on any atom is -0.347 e. The van der Waals surface area contributed by atoms with E-state index in [1.807, 2.05) is 6.92 Å². The van der Waals surface area contributed by atoms with Crippen LogP contribution in [0, 0.1) is 17.2 Å². The molecule has 2 rings (SSSR count). The van der Waals surface area contributed by atoms with E-state index in [0.29, 0.717) is 0 Å². The van der Waals surface area contributed by atoms with Crippen molar-refractivity contribution in [3.63, 3.8) is 0 Å². The Balaban J connectivity index is 1.79. The molecule has 0 radical (unpaired) electrons. The maximum atomic E-state index is 8.74. The van der Waals surface area contributed by atoms with Gasteiger partial charge in [0.1, 0.15) is 0 Å². The number of nitriles is 1. The van der Waals surface area contributed by atoms with E-state index in [4.69, 9.17) is 14.7 Å². The van der Waals surface area contributed by atoms with Crippen molar-refractivity contribution < 1.29 is 9.47 Å². The molecule has 0 N–H and O–H groups in total. The minimum atomic E-state index is -0.285. The van der Waals surface area contributed by atoms with E-state index in [-0.39, 0.29) is 11.7 Å². The summed E-state index contributed by atoms with van der Waals surface area (Å²) in [6, 6.07) is 2.27. The van der Waals surface area contributed by atoms with E-state index >= 15 is 0 Å². The zero-order valence-corrected chi connectivity index (χ0v) is 9.24. The number of likely N-dealkylation sites (tertiary alicyclic amines) is 1. The Morgan fingerprint density at radius 3 is 2.47 bits per heavy atom. The van der Waals surface area contributed by atoms with Gasteiger partial charge in [0, 0.05) is 32.5 Å². The van der Waals surface area contributed by atoms with Crippen LogP contribution in [0.2, 0.25) is 0 Å². The fraction of sp³-hybridized carbons (Fsp3) is 0.909. The Kier molecular flexibility index (Phi) is 3.25. The molecule has 0 aromatic carbocycles. The molecule has 1 atom stereocenters. The number of ether oxygens (including phenoxy) is 2. The number of hydrogen-bond acceptors (Lipinski definition) is 4. The Hall–Kier alpha value is -0.630. The quantitative estimate of drug-likeness (QED) is 0.681. The van der Waals surface area contributed by atoms with Crippen molar-refractivity contribution in [2.24, 2.45) is 5.92 Å². The van der Waals surface area contributed by atoms with Crippen molar-refractivity contribution in [2.75, 3.05) is 32.8 Å². The van der Waals surface area contributed by atoms with Crippen LogP contribution in [0.1, 0.15) is 19.8 Å². The van der Waals surface area contributed by atoms with Crippen molar-refractivity contribution >= 4 is 0 Å². The first-order valence-electron chi connectivity index (χ1n) is 5.64. The van der Waals surface area contributed by atoms with Gasteiger partial charge in [-0.3, -0.25) is 0 Å². The second kappa shape index (κ2) is 4.48. The normalized spacial score (nSPS) is 27.7. The average Bonchev–Trinajstić information content (AvgIpc) is 2.70. The molecule has 1 spiro atoms. The molecule has 2 aliphatic heterocycles. The lowest BCUT2D eigenvalue weighted by molar-refractivity contribution is -0.185. The molecule has 15 heavy (non-hydrogen) atoms. The van der Waals surface area contributed by atoms with Gasteiger partial charge in [0.15, 0.2) is 5.79 Å². The van der Waals surface area contributed by atoms with E-state index in [1.54, 1.807) is 0 Å². The molecule has 4 nitrogen and oxygen atoms in total. The van der Waals surface area contributed by atoms with Crippen LogP contribution in [0.5, 0.6) is 0 Å². The smallest absolute Gasteiger partial charge is 0.170 e. The second-order valence-corrected chi connectivity index (χ2v) is 4.44. The van der Waals surface area contributed by atoms with E-state index < -0.39 is 0 Å². The molecule has 2 aliphatic rings. The van der Waals surface area contributed by atoms with Crippen LogP contribution in [0.3, 0.4) is 0 Å². The number of nitrogens with zero attached hydrogens (tertiary/aromatic N) is 2. The third-order valence-electron chi connectivity index (χ3n) is 3.18. The summed E-state index contributed by atoms with van der Waals surface area (Å²) in [5, 5.41) is 8.74. The molecule has 1 unspecified atom stereocenters. The summed E-state index contributed by atoms with van der Waals surface area (Å²) >= 11 is 0. The van der Waals surface area contributed by atoms with Gasteiger partial charge < -0.3 is 14.4 Å².